The Balaban J connectivity index is 2.44. The number of nitrogens with zero attached hydrogens (tertiary/aromatic N) is 3. The van der Waals surface area contributed by atoms with E-state index in [1.54, 1.807) is 0 Å². The maximum Gasteiger partial charge on any atom is 0.0802 e. The van der Waals surface area contributed by atoms with Crippen LogP contribution in [0.5, 0.6) is 0 Å². The van der Waals surface area contributed by atoms with E-state index in [2.05, 4.69) is 45.4 Å². The predicted octanol–water partition coefficient (Wildman–Crippen LogP) is 3.80. The van der Waals surface area contributed by atoms with Crippen LogP contribution in [0.1, 0.15) is 37.6 Å². The van der Waals surface area contributed by atoms with Gasteiger partial charge >= 0.3 is 0 Å². The number of aryl methyl sites for hydroxylation is 1. The average Bonchev–Trinajstić information content (AvgIpc) is 2.88. The van der Waals surface area contributed by atoms with Gasteiger partial charge in [-0.3, -0.25) is 0 Å². The van der Waals surface area contributed by atoms with Crippen LogP contribution in [0.3, 0.4) is 0 Å². The van der Waals surface area contributed by atoms with Gasteiger partial charge in [-0.25, -0.2) is 4.68 Å². The van der Waals surface area contributed by atoms with Crippen molar-refractivity contribution in [2.24, 2.45) is 0 Å². The summed E-state index contributed by atoms with van der Waals surface area (Å²) in [5.74, 6) is 0. The summed E-state index contributed by atoms with van der Waals surface area (Å²) in [6, 6.07) is 5.84. The Morgan fingerprint density at radius 2 is 2.20 bits per heavy atom. The fraction of sp³-hybridized carbons (Fsp3) is 0.429. The number of aromatic nitrogens is 3. The molecule has 1 aromatic heterocycles. The van der Waals surface area contributed by atoms with Crippen LogP contribution in [0.2, 0.25) is 5.02 Å². The molecule has 20 heavy (non-hydrogen) atoms. The standard InChI is InChI=1S/C14H18BrClN4/c1-3-7-20-13(9-18-19-20)14(17-4-2)11-8-10(16)5-6-12(11)15/h5-6,8-9,14,17H,3-4,7H2,1-2H3. The molecular weight excluding hydrogens is 340 g/mol. The van der Waals surface area contributed by atoms with Crippen molar-refractivity contribution in [3.8, 4) is 0 Å². The highest BCUT2D eigenvalue weighted by molar-refractivity contribution is 9.10. The summed E-state index contributed by atoms with van der Waals surface area (Å²) in [6.45, 7) is 5.92. The topological polar surface area (TPSA) is 42.7 Å². The second-order valence-corrected chi connectivity index (χ2v) is 5.83. The zero-order valence-electron chi connectivity index (χ0n) is 11.6. The van der Waals surface area contributed by atoms with Crippen LogP contribution in [0.25, 0.3) is 0 Å². The van der Waals surface area contributed by atoms with Gasteiger partial charge in [0.25, 0.3) is 0 Å². The number of benzene rings is 1. The quantitative estimate of drug-likeness (QED) is 0.855. The Hall–Kier alpha value is -0.910. The fourth-order valence-electron chi connectivity index (χ4n) is 2.19. The van der Waals surface area contributed by atoms with Crippen LogP contribution in [-0.2, 0) is 6.54 Å². The molecule has 0 radical (unpaired) electrons. The van der Waals surface area contributed by atoms with Gasteiger partial charge in [-0.15, -0.1) is 5.10 Å². The molecule has 0 fully saturated rings. The molecule has 4 nitrogen and oxygen atoms in total. The normalized spacial score (nSPS) is 12.6. The lowest BCUT2D eigenvalue weighted by atomic mass is 10.0. The molecule has 0 saturated carbocycles. The van der Waals surface area contributed by atoms with Gasteiger partial charge in [-0.2, -0.15) is 0 Å². The van der Waals surface area contributed by atoms with Crippen LogP contribution in [0.15, 0.2) is 28.9 Å². The van der Waals surface area contributed by atoms with Crippen LogP contribution in [0, 0.1) is 0 Å². The maximum atomic E-state index is 6.14. The highest BCUT2D eigenvalue weighted by atomic mass is 79.9. The first-order chi connectivity index (χ1) is 9.67. The first-order valence-electron chi connectivity index (χ1n) is 6.74. The third kappa shape index (κ3) is 3.40. The van der Waals surface area contributed by atoms with Gasteiger partial charge < -0.3 is 5.32 Å². The SMILES string of the molecule is CCCn1nncc1C(NCC)c1cc(Cl)ccc1Br. The van der Waals surface area contributed by atoms with E-state index in [0.717, 1.165) is 40.3 Å². The molecule has 0 aliphatic heterocycles. The molecule has 0 saturated heterocycles. The second-order valence-electron chi connectivity index (χ2n) is 4.54. The van der Waals surface area contributed by atoms with E-state index in [4.69, 9.17) is 11.6 Å². The molecule has 0 bridgehead atoms. The Morgan fingerprint density at radius 1 is 1.40 bits per heavy atom. The van der Waals surface area contributed by atoms with E-state index in [0.29, 0.717) is 0 Å². The molecular formula is C14H18BrClN4. The molecule has 0 aliphatic rings. The third-order valence-corrected chi connectivity index (χ3v) is 4.01. The number of rotatable bonds is 6. The Labute approximate surface area is 132 Å². The van der Waals surface area contributed by atoms with Crippen molar-refractivity contribution in [3.05, 3.63) is 45.1 Å². The molecule has 1 atom stereocenters. The van der Waals surface area contributed by atoms with Crippen molar-refractivity contribution >= 4 is 27.5 Å². The molecule has 0 amide bonds. The minimum atomic E-state index is 0.0228. The van der Waals surface area contributed by atoms with E-state index in [-0.39, 0.29) is 6.04 Å². The van der Waals surface area contributed by atoms with Gasteiger partial charge in [-0.1, -0.05) is 46.6 Å². The van der Waals surface area contributed by atoms with Crippen LogP contribution >= 0.6 is 27.5 Å². The van der Waals surface area contributed by atoms with Crippen LogP contribution < -0.4 is 5.32 Å². The van der Waals surface area contributed by atoms with Crippen LogP contribution in [-0.4, -0.2) is 21.5 Å². The van der Waals surface area contributed by atoms with Gasteiger partial charge in [0.05, 0.1) is 17.9 Å². The van der Waals surface area contributed by atoms with Crippen molar-refractivity contribution in [1.29, 1.82) is 0 Å². The van der Waals surface area contributed by atoms with Crippen LogP contribution in [0.4, 0.5) is 0 Å². The summed E-state index contributed by atoms with van der Waals surface area (Å²) >= 11 is 9.74. The Bertz CT molecular complexity index is 570. The molecule has 0 spiro atoms. The first kappa shape index (κ1) is 15.5. The van der Waals surface area contributed by atoms with Gasteiger partial charge in [-0.05, 0) is 36.7 Å². The first-order valence-corrected chi connectivity index (χ1v) is 7.91. The smallest absolute Gasteiger partial charge is 0.0802 e. The maximum absolute atomic E-state index is 6.14. The molecule has 1 N–H and O–H groups in total. The largest absolute Gasteiger partial charge is 0.305 e. The van der Waals surface area contributed by atoms with Crippen molar-refractivity contribution in [2.75, 3.05) is 6.54 Å². The molecule has 2 rings (SSSR count). The highest BCUT2D eigenvalue weighted by Crippen LogP contribution is 2.30. The monoisotopic (exact) mass is 356 g/mol. The lowest BCUT2D eigenvalue weighted by molar-refractivity contribution is 0.511. The van der Waals surface area contributed by atoms with Gasteiger partial charge in [0, 0.05) is 16.0 Å². The minimum absolute atomic E-state index is 0.0228. The highest BCUT2D eigenvalue weighted by Gasteiger charge is 2.20. The molecule has 2 aromatic rings. The van der Waals surface area contributed by atoms with E-state index < -0.39 is 0 Å². The van der Waals surface area contributed by atoms with E-state index in [1.807, 2.05) is 29.1 Å². The van der Waals surface area contributed by atoms with Gasteiger partial charge in [0.15, 0.2) is 0 Å². The Kier molecular flexibility index (Phi) is 5.57. The number of halogens is 2. The van der Waals surface area contributed by atoms with Gasteiger partial charge in [0.1, 0.15) is 0 Å². The van der Waals surface area contributed by atoms with Crippen molar-refractivity contribution < 1.29 is 0 Å². The molecule has 108 valence electrons. The molecule has 1 unspecified atom stereocenters. The molecule has 6 heteroatoms. The summed E-state index contributed by atoms with van der Waals surface area (Å²) in [5.41, 5.74) is 2.15. The lowest BCUT2D eigenvalue weighted by Gasteiger charge is -2.20. The zero-order chi connectivity index (χ0) is 14.5. The van der Waals surface area contributed by atoms with Gasteiger partial charge in [0.2, 0.25) is 0 Å². The summed E-state index contributed by atoms with van der Waals surface area (Å²) in [5, 5.41) is 12.4. The number of hydrogen-bond acceptors (Lipinski definition) is 3. The molecule has 1 heterocycles. The summed E-state index contributed by atoms with van der Waals surface area (Å²) in [6.07, 6.45) is 2.84. The lowest BCUT2D eigenvalue weighted by Crippen LogP contribution is -2.25. The Morgan fingerprint density at radius 3 is 2.90 bits per heavy atom. The zero-order valence-corrected chi connectivity index (χ0v) is 13.9. The summed E-state index contributed by atoms with van der Waals surface area (Å²) in [7, 11) is 0. The summed E-state index contributed by atoms with van der Waals surface area (Å²) in [4.78, 5) is 0. The summed E-state index contributed by atoms with van der Waals surface area (Å²) < 4.78 is 2.97. The fourth-order valence-corrected chi connectivity index (χ4v) is 2.84. The molecule has 0 aliphatic carbocycles. The second kappa shape index (κ2) is 7.20. The van der Waals surface area contributed by atoms with Crippen molar-refractivity contribution in [1.82, 2.24) is 20.3 Å². The minimum Gasteiger partial charge on any atom is -0.305 e. The molecule has 1 aromatic carbocycles. The average molecular weight is 358 g/mol. The van der Waals surface area contributed by atoms with E-state index in [9.17, 15) is 0 Å². The van der Waals surface area contributed by atoms with Crippen molar-refractivity contribution in [2.45, 2.75) is 32.9 Å². The van der Waals surface area contributed by atoms with Crippen molar-refractivity contribution in [3.63, 3.8) is 0 Å². The van der Waals surface area contributed by atoms with E-state index in [1.165, 1.54) is 0 Å². The predicted molar refractivity (Wildman–Crippen MR) is 85.0 cm³/mol. The number of nitrogens with one attached hydrogen (secondary N) is 1. The third-order valence-electron chi connectivity index (χ3n) is 3.06. The van der Waals surface area contributed by atoms with E-state index >= 15 is 0 Å². The number of hydrogen-bond donors (Lipinski definition) is 1.